The summed E-state index contributed by atoms with van der Waals surface area (Å²) in [4.78, 5) is 0. The number of rotatable bonds is 4. The third-order valence-corrected chi connectivity index (χ3v) is 4.50. The quantitative estimate of drug-likeness (QED) is 0.858. The number of nitrogens with one attached hydrogen (secondary N) is 1. The predicted octanol–water partition coefficient (Wildman–Crippen LogP) is 4.51. The summed E-state index contributed by atoms with van der Waals surface area (Å²) in [5, 5.41) is 3.05. The maximum atomic E-state index is 12.3. The summed E-state index contributed by atoms with van der Waals surface area (Å²) >= 11 is 5.02. The molecule has 0 spiro atoms. The summed E-state index contributed by atoms with van der Waals surface area (Å²) in [5.41, 5.74) is 0.373. The Morgan fingerprint density at radius 3 is 2.84 bits per heavy atom. The van der Waals surface area contributed by atoms with Gasteiger partial charge in [-0.15, -0.1) is 13.2 Å². The lowest BCUT2D eigenvalue weighted by Crippen LogP contribution is -2.19. The van der Waals surface area contributed by atoms with Crippen LogP contribution in [0.3, 0.4) is 0 Å². The van der Waals surface area contributed by atoms with Gasteiger partial charge in [0, 0.05) is 11.0 Å². The van der Waals surface area contributed by atoms with Crippen molar-refractivity contribution in [1.29, 1.82) is 0 Å². The summed E-state index contributed by atoms with van der Waals surface area (Å²) in [7, 11) is 0. The number of hydrogen-bond acceptors (Lipinski definition) is 3. The maximum absolute atomic E-state index is 12.3. The Hall–Kier alpha value is -0.560. The number of benzene rings is 1. The Kier molecular flexibility index (Phi) is 4.89. The number of thioether (sulfide) groups is 1. The summed E-state index contributed by atoms with van der Waals surface area (Å²) in [5.74, 6) is 2.48. The molecule has 0 saturated carbocycles. The van der Waals surface area contributed by atoms with E-state index in [0.29, 0.717) is 22.6 Å². The largest absolute Gasteiger partial charge is 0.573 e. The molecule has 1 atom stereocenters. The fourth-order valence-electron chi connectivity index (χ4n) is 1.85. The van der Waals surface area contributed by atoms with Gasteiger partial charge in [0.05, 0.1) is 5.69 Å². The molecule has 7 heteroatoms. The molecule has 1 aromatic carbocycles. The van der Waals surface area contributed by atoms with Crippen molar-refractivity contribution in [1.82, 2.24) is 0 Å². The van der Waals surface area contributed by atoms with Crippen LogP contribution in [0.2, 0.25) is 0 Å². The number of halogens is 4. The number of anilines is 1. The molecular weight excluding hydrogens is 343 g/mol. The molecule has 1 unspecified atom stereocenters. The normalized spacial score (nSPS) is 19.5. The van der Waals surface area contributed by atoms with Gasteiger partial charge >= 0.3 is 6.36 Å². The molecule has 1 aliphatic rings. The predicted molar refractivity (Wildman–Crippen MR) is 74.7 cm³/mol. The van der Waals surface area contributed by atoms with E-state index < -0.39 is 6.36 Å². The highest BCUT2D eigenvalue weighted by Gasteiger charge is 2.32. The molecule has 1 heterocycles. The zero-order valence-corrected chi connectivity index (χ0v) is 12.4. The van der Waals surface area contributed by atoms with Gasteiger partial charge in [-0.3, -0.25) is 0 Å². The zero-order chi connectivity index (χ0) is 13.9. The molecule has 106 valence electrons. The van der Waals surface area contributed by atoms with Crippen LogP contribution < -0.4 is 10.1 Å². The van der Waals surface area contributed by atoms with Crippen LogP contribution in [0.5, 0.6) is 5.75 Å². The molecule has 1 N–H and O–H groups in total. The molecule has 2 nitrogen and oxygen atoms in total. The summed E-state index contributed by atoms with van der Waals surface area (Å²) < 4.78 is 41.6. The third-order valence-electron chi connectivity index (χ3n) is 2.77. The molecule has 1 saturated heterocycles. The summed E-state index contributed by atoms with van der Waals surface area (Å²) in [6, 6.07) is 4.60. The fraction of sp³-hybridized carbons (Fsp3) is 0.500. The molecule has 1 fully saturated rings. The van der Waals surface area contributed by atoms with Crippen LogP contribution in [0.1, 0.15) is 6.42 Å². The first-order chi connectivity index (χ1) is 8.94. The molecule has 1 aromatic rings. The van der Waals surface area contributed by atoms with Gasteiger partial charge in [-0.2, -0.15) is 11.8 Å². The van der Waals surface area contributed by atoms with Crippen LogP contribution in [0.15, 0.2) is 22.7 Å². The van der Waals surface area contributed by atoms with Crippen molar-refractivity contribution in [2.45, 2.75) is 12.8 Å². The topological polar surface area (TPSA) is 21.3 Å². The van der Waals surface area contributed by atoms with Crippen LogP contribution in [-0.2, 0) is 0 Å². The summed E-state index contributed by atoms with van der Waals surface area (Å²) in [6.07, 6.45) is -3.58. The number of ether oxygens (including phenoxy) is 1. The van der Waals surface area contributed by atoms with E-state index in [4.69, 9.17) is 0 Å². The summed E-state index contributed by atoms with van der Waals surface area (Å²) in [6.45, 7) is 0.669. The van der Waals surface area contributed by atoms with Crippen LogP contribution >= 0.6 is 27.7 Å². The van der Waals surface area contributed by atoms with E-state index in [0.717, 1.165) is 17.9 Å². The van der Waals surface area contributed by atoms with Crippen molar-refractivity contribution in [2.75, 3.05) is 23.4 Å². The van der Waals surface area contributed by atoms with Gasteiger partial charge in [0.2, 0.25) is 0 Å². The smallest absolute Gasteiger partial charge is 0.404 e. The molecule has 19 heavy (non-hydrogen) atoms. The lowest BCUT2D eigenvalue weighted by Gasteiger charge is -2.16. The number of hydrogen-bond donors (Lipinski definition) is 1. The minimum atomic E-state index is -4.68. The van der Waals surface area contributed by atoms with Crippen LogP contribution in [-0.4, -0.2) is 24.4 Å². The van der Waals surface area contributed by atoms with E-state index in [1.165, 1.54) is 6.07 Å². The molecule has 0 aromatic heterocycles. The molecule has 1 aliphatic heterocycles. The Labute approximate surface area is 122 Å². The van der Waals surface area contributed by atoms with E-state index in [1.807, 2.05) is 11.8 Å². The fourth-order valence-corrected chi connectivity index (χ4v) is 3.47. The first kappa shape index (κ1) is 14.8. The first-order valence-corrected chi connectivity index (χ1v) is 7.76. The minimum absolute atomic E-state index is 0.201. The van der Waals surface area contributed by atoms with Gasteiger partial charge in [-0.1, -0.05) is 15.9 Å². The average Bonchev–Trinajstić information content (AvgIpc) is 2.78. The second-order valence-electron chi connectivity index (χ2n) is 4.30. The van der Waals surface area contributed by atoms with E-state index >= 15 is 0 Å². The van der Waals surface area contributed by atoms with Crippen LogP contribution in [0.4, 0.5) is 18.9 Å². The highest BCUT2D eigenvalue weighted by atomic mass is 79.9. The Morgan fingerprint density at radius 2 is 2.21 bits per heavy atom. The van der Waals surface area contributed by atoms with Gasteiger partial charge < -0.3 is 10.1 Å². The van der Waals surface area contributed by atoms with Crippen molar-refractivity contribution >= 4 is 33.4 Å². The maximum Gasteiger partial charge on any atom is 0.573 e. The van der Waals surface area contributed by atoms with Gasteiger partial charge in [0.1, 0.15) is 0 Å². The first-order valence-electron chi connectivity index (χ1n) is 5.81. The van der Waals surface area contributed by atoms with Crippen molar-refractivity contribution in [3.63, 3.8) is 0 Å². The molecule has 0 bridgehead atoms. The molecule has 0 amide bonds. The van der Waals surface area contributed by atoms with E-state index in [-0.39, 0.29) is 5.75 Å². The molecular formula is C12H13BrF3NOS. The minimum Gasteiger partial charge on any atom is -0.404 e. The van der Waals surface area contributed by atoms with Gasteiger partial charge in [0.25, 0.3) is 0 Å². The highest BCUT2D eigenvalue weighted by Crippen LogP contribution is 2.33. The van der Waals surface area contributed by atoms with Crippen molar-refractivity contribution < 1.29 is 17.9 Å². The average molecular weight is 356 g/mol. The van der Waals surface area contributed by atoms with Gasteiger partial charge in [-0.05, 0) is 42.0 Å². The van der Waals surface area contributed by atoms with Crippen LogP contribution in [0, 0.1) is 5.92 Å². The molecule has 0 aliphatic carbocycles. The third kappa shape index (κ3) is 4.80. The highest BCUT2D eigenvalue weighted by molar-refractivity contribution is 9.10. The zero-order valence-electron chi connectivity index (χ0n) is 9.97. The number of alkyl halides is 3. The van der Waals surface area contributed by atoms with Gasteiger partial charge in [-0.25, -0.2) is 0 Å². The van der Waals surface area contributed by atoms with E-state index in [1.54, 1.807) is 12.1 Å². The van der Waals surface area contributed by atoms with Crippen molar-refractivity contribution in [3.8, 4) is 5.75 Å². The second kappa shape index (κ2) is 6.26. The lowest BCUT2D eigenvalue weighted by atomic mass is 10.1. The SMILES string of the molecule is FC(F)(F)Oc1cc(Br)ccc1NCC1CCSC1. The standard InChI is InChI=1S/C12H13BrF3NOS/c13-9-1-2-10(11(5-9)18-12(14,15)16)17-6-8-3-4-19-7-8/h1-2,5,8,17H,3-4,6-7H2. The van der Waals surface area contributed by atoms with Gasteiger partial charge in [0.15, 0.2) is 5.75 Å². The second-order valence-corrected chi connectivity index (χ2v) is 6.36. The van der Waals surface area contributed by atoms with E-state index in [2.05, 4.69) is 26.0 Å². The molecule has 0 radical (unpaired) electrons. The molecule has 2 rings (SSSR count). The monoisotopic (exact) mass is 355 g/mol. The Balaban J connectivity index is 2.05. The Morgan fingerprint density at radius 1 is 1.42 bits per heavy atom. The van der Waals surface area contributed by atoms with Crippen molar-refractivity contribution in [3.05, 3.63) is 22.7 Å². The van der Waals surface area contributed by atoms with Crippen molar-refractivity contribution in [2.24, 2.45) is 5.92 Å². The van der Waals surface area contributed by atoms with E-state index in [9.17, 15) is 13.2 Å². The van der Waals surface area contributed by atoms with Crippen LogP contribution in [0.25, 0.3) is 0 Å². The lowest BCUT2D eigenvalue weighted by molar-refractivity contribution is -0.274. The Bertz CT molecular complexity index is 435.